The molecule has 0 aromatic heterocycles. The summed E-state index contributed by atoms with van der Waals surface area (Å²) in [6.07, 6.45) is 11.0. The Bertz CT molecular complexity index is 478. The summed E-state index contributed by atoms with van der Waals surface area (Å²) in [5.74, 6) is 0.856. The fourth-order valence-corrected chi connectivity index (χ4v) is 4.91. The maximum Gasteiger partial charge on any atom is 0.0328 e. The number of hydrogen-bond donors (Lipinski definition) is 2. The van der Waals surface area contributed by atoms with E-state index in [1.165, 1.54) is 57.9 Å². The molecule has 114 valence electrons. The van der Waals surface area contributed by atoms with E-state index in [1.807, 2.05) is 0 Å². The lowest BCUT2D eigenvalue weighted by atomic mass is 9.78. The lowest BCUT2D eigenvalue weighted by Crippen LogP contribution is -2.47. The molecule has 21 heavy (non-hydrogen) atoms. The molecule has 1 saturated heterocycles. The third-order valence-corrected chi connectivity index (χ3v) is 5.98. The predicted octanol–water partition coefficient (Wildman–Crippen LogP) is 3.57. The van der Waals surface area contributed by atoms with Crippen molar-refractivity contribution in [2.24, 2.45) is 5.92 Å². The van der Waals surface area contributed by atoms with Crippen molar-refractivity contribution in [1.82, 2.24) is 10.6 Å². The fourth-order valence-electron chi connectivity index (χ4n) is 4.91. The van der Waals surface area contributed by atoms with Gasteiger partial charge in [-0.1, -0.05) is 37.1 Å². The smallest absolute Gasteiger partial charge is 0.0328 e. The van der Waals surface area contributed by atoms with Gasteiger partial charge in [0.2, 0.25) is 0 Å². The minimum Gasteiger partial charge on any atom is -0.314 e. The molecule has 0 amide bonds. The van der Waals surface area contributed by atoms with Gasteiger partial charge in [0.05, 0.1) is 0 Å². The van der Waals surface area contributed by atoms with Crippen LogP contribution in [0, 0.1) is 5.92 Å². The molecule has 2 nitrogen and oxygen atoms in total. The zero-order valence-corrected chi connectivity index (χ0v) is 13.0. The number of fused-ring (bicyclic) bond motifs is 1. The van der Waals surface area contributed by atoms with E-state index < -0.39 is 0 Å². The van der Waals surface area contributed by atoms with Crippen molar-refractivity contribution in [3.05, 3.63) is 35.4 Å². The minimum atomic E-state index is 0.605. The molecule has 1 saturated carbocycles. The molecule has 0 spiro atoms. The number of hydrogen-bond acceptors (Lipinski definition) is 2. The average molecular weight is 284 g/mol. The first-order valence-corrected chi connectivity index (χ1v) is 8.99. The Balaban J connectivity index is 1.47. The maximum atomic E-state index is 4.06. The average Bonchev–Trinajstić information content (AvgIpc) is 3.18. The molecule has 4 unspecified atom stereocenters. The topological polar surface area (TPSA) is 24.1 Å². The van der Waals surface area contributed by atoms with Gasteiger partial charge in [-0.25, -0.2) is 0 Å². The second-order valence-corrected chi connectivity index (χ2v) is 7.21. The highest BCUT2D eigenvalue weighted by atomic mass is 15.0. The Labute approximate surface area is 128 Å². The molecule has 2 N–H and O–H groups in total. The third-order valence-electron chi connectivity index (χ3n) is 5.98. The van der Waals surface area contributed by atoms with E-state index in [2.05, 4.69) is 34.9 Å². The molecule has 1 aromatic rings. The van der Waals surface area contributed by atoms with Crippen molar-refractivity contribution >= 4 is 0 Å². The molecule has 2 aliphatic carbocycles. The Morgan fingerprint density at radius 1 is 0.952 bits per heavy atom. The van der Waals surface area contributed by atoms with Crippen LogP contribution < -0.4 is 10.6 Å². The zero-order chi connectivity index (χ0) is 14.1. The van der Waals surface area contributed by atoms with E-state index in [-0.39, 0.29) is 0 Å². The highest BCUT2D eigenvalue weighted by Crippen LogP contribution is 2.36. The van der Waals surface area contributed by atoms with Crippen molar-refractivity contribution in [3.63, 3.8) is 0 Å². The highest BCUT2D eigenvalue weighted by Gasteiger charge is 2.35. The summed E-state index contributed by atoms with van der Waals surface area (Å²) < 4.78 is 0. The van der Waals surface area contributed by atoms with Crippen LogP contribution in [0.2, 0.25) is 0 Å². The summed E-state index contributed by atoms with van der Waals surface area (Å²) in [5.41, 5.74) is 3.14. The molecule has 2 heteroatoms. The number of benzene rings is 1. The van der Waals surface area contributed by atoms with Gasteiger partial charge in [0.1, 0.15) is 0 Å². The number of aryl methyl sites for hydroxylation is 1. The molecule has 0 radical (unpaired) electrons. The van der Waals surface area contributed by atoms with Crippen LogP contribution in [0.15, 0.2) is 24.3 Å². The van der Waals surface area contributed by atoms with Crippen LogP contribution in [0.5, 0.6) is 0 Å². The molecule has 4 rings (SSSR count). The molecular formula is C19H28N2. The monoisotopic (exact) mass is 284 g/mol. The van der Waals surface area contributed by atoms with Gasteiger partial charge in [0, 0.05) is 18.1 Å². The van der Waals surface area contributed by atoms with Crippen LogP contribution in [0.3, 0.4) is 0 Å². The quantitative estimate of drug-likeness (QED) is 0.886. The van der Waals surface area contributed by atoms with Gasteiger partial charge < -0.3 is 10.6 Å². The van der Waals surface area contributed by atoms with Crippen LogP contribution in [0.1, 0.15) is 62.1 Å². The van der Waals surface area contributed by atoms with Gasteiger partial charge >= 0.3 is 0 Å². The standard InChI is InChI=1S/C19H28N2/c1-2-7-15-14(6-1)11-12-19(15)21-18-9-4-3-8-16(18)17-10-5-13-20-17/h1-2,6-7,16-21H,3-5,8-13H2. The molecule has 4 atom stereocenters. The minimum absolute atomic E-state index is 0.605. The van der Waals surface area contributed by atoms with E-state index >= 15 is 0 Å². The summed E-state index contributed by atoms with van der Waals surface area (Å²) in [4.78, 5) is 0. The fraction of sp³-hybridized carbons (Fsp3) is 0.684. The summed E-state index contributed by atoms with van der Waals surface area (Å²) in [7, 11) is 0. The summed E-state index contributed by atoms with van der Waals surface area (Å²) in [6, 6.07) is 11.2. The molecule has 2 fully saturated rings. The van der Waals surface area contributed by atoms with Crippen molar-refractivity contribution in [2.75, 3.05) is 6.54 Å². The van der Waals surface area contributed by atoms with E-state index in [9.17, 15) is 0 Å². The van der Waals surface area contributed by atoms with Crippen molar-refractivity contribution in [1.29, 1.82) is 0 Å². The van der Waals surface area contributed by atoms with Crippen molar-refractivity contribution in [3.8, 4) is 0 Å². The van der Waals surface area contributed by atoms with Crippen LogP contribution in [0.4, 0.5) is 0 Å². The summed E-state index contributed by atoms with van der Waals surface area (Å²) in [5, 5.41) is 7.82. The lowest BCUT2D eigenvalue weighted by molar-refractivity contribution is 0.200. The van der Waals surface area contributed by atoms with Gasteiger partial charge in [-0.05, 0) is 62.1 Å². The molecule has 1 heterocycles. The zero-order valence-electron chi connectivity index (χ0n) is 13.0. The van der Waals surface area contributed by atoms with Crippen LogP contribution in [-0.4, -0.2) is 18.6 Å². The van der Waals surface area contributed by atoms with E-state index in [4.69, 9.17) is 0 Å². The predicted molar refractivity (Wildman–Crippen MR) is 87.4 cm³/mol. The molecule has 1 aliphatic heterocycles. The second-order valence-electron chi connectivity index (χ2n) is 7.21. The van der Waals surface area contributed by atoms with Gasteiger partial charge in [0.15, 0.2) is 0 Å². The maximum absolute atomic E-state index is 4.06. The van der Waals surface area contributed by atoms with E-state index in [0.717, 1.165) is 18.0 Å². The normalized spacial score (nSPS) is 35.8. The largest absolute Gasteiger partial charge is 0.314 e. The number of rotatable bonds is 3. The summed E-state index contributed by atoms with van der Waals surface area (Å²) >= 11 is 0. The number of nitrogens with one attached hydrogen (secondary N) is 2. The first kappa shape index (κ1) is 13.8. The van der Waals surface area contributed by atoms with Gasteiger partial charge in [-0.3, -0.25) is 0 Å². The highest BCUT2D eigenvalue weighted by molar-refractivity contribution is 5.34. The Morgan fingerprint density at radius 2 is 1.86 bits per heavy atom. The first-order chi connectivity index (χ1) is 10.4. The first-order valence-electron chi connectivity index (χ1n) is 8.99. The molecule has 0 bridgehead atoms. The van der Waals surface area contributed by atoms with Crippen LogP contribution in [0.25, 0.3) is 0 Å². The van der Waals surface area contributed by atoms with Crippen LogP contribution in [-0.2, 0) is 6.42 Å². The molecular weight excluding hydrogens is 256 g/mol. The summed E-state index contributed by atoms with van der Waals surface area (Å²) in [6.45, 7) is 1.24. The van der Waals surface area contributed by atoms with Gasteiger partial charge in [-0.2, -0.15) is 0 Å². The lowest BCUT2D eigenvalue weighted by Gasteiger charge is -2.38. The Kier molecular flexibility index (Phi) is 4.00. The third kappa shape index (κ3) is 2.76. The Hall–Kier alpha value is -0.860. The second kappa shape index (κ2) is 6.10. The molecule has 1 aromatic carbocycles. The van der Waals surface area contributed by atoms with Gasteiger partial charge in [-0.15, -0.1) is 0 Å². The van der Waals surface area contributed by atoms with E-state index in [1.54, 1.807) is 11.1 Å². The van der Waals surface area contributed by atoms with E-state index in [0.29, 0.717) is 6.04 Å². The van der Waals surface area contributed by atoms with Gasteiger partial charge in [0.25, 0.3) is 0 Å². The van der Waals surface area contributed by atoms with Crippen LogP contribution >= 0.6 is 0 Å². The van der Waals surface area contributed by atoms with Crippen molar-refractivity contribution < 1.29 is 0 Å². The molecule has 3 aliphatic rings. The van der Waals surface area contributed by atoms with Crippen molar-refractivity contribution in [2.45, 2.75) is 69.5 Å². The Morgan fingerprint density at radius 3 is 2.76 bits per heavy atom. The SMILES string of the molecule is c1ccc2c(c1)CCC2NC1CCCCC1C1CCCN1.